The Labute approximate surface area is 97.4 Å². The molecule has 1 aromatic rings. The van der Waals surface area contributed by atoms with Crippen molar-refractivity contribution in [1.29, 1.82) is 0 Å². The number of carbonyl (C=O) groups is 2. The smallest absolute Gasteiger partial charge is 0.249 e. The van der Waals surface area contributed by atoms with E-state index >= 15 is 0 Å². The van der Waals surface area contributed by atoms with E-state index < -0.39 is 11.9 Å². The van der Waals surface area contributed by atoms with E-state index in [1.54, 1.807) is 6.92 Å². The minimum Gasteiger partial charge on any atom is -0.372 e. The van der Waals surface area contributed by atoms with E-state index in [1.807, 2.05) is 0 Å². The summed E-state index contributed by atoms with van der Waals surface area (Å²) in [4.78, 5) is 26.2. The van der Waals surface area contributed by atoms with E-state index in [0.717, 1.165) is 0 Å². The standard InChI is InChI=1S/C11H12FN3O2/c1-6-8(12)4-7(5-13-6)14-9-2-3-10(16)15-11(9)17/h4-5,9,14H,2-3H2,1H3,(H,15,16,17). The number of nitrogens with one attached hydrogen (secondary N) is 2. The Hall–Kier alpha value is -1.98. The third-order valence-electron chi connectivity index (χ3n) is 2.61. The number of imide groups is 1. The van der Waals surface area contributed by atoms with Crippen LogP contribution in [-0.4, -0.2) is 22.8 Å². The molecule has 1 saturated heterocycles. The molecular formula is C11H12FN3O2. The molecule has 1 atom stereocenters. The fourth-order valence-electron chi connectivity index (χ4n) is 1.62. The van der Waals surface area contributed by atoms with Gasteiger partial charge in [0.2, 0.25) is 11.8 Å². The zero-order valence-corrected chi connectivity index (χ0v) is 9.29. The number of hydrogen-bond donors (Lipinski definition) is 2. The highest BCUT2D eigenvalue weighted by Gasteiger charge is 2.26. The first kappa shape index (κ1) is 11.5. The maximum absolute atomic E-state index is 13.2. The summed E-state index contributed by atoms with van der Waals surface area (Å²) in [7, 11) is 0. The third-order valence-corrected chi connectivity index (χ3v) is 2.61. The predicted molar refractivity (Wildman–Crippen MR) is 58.7 cm³/mol. The number of hydrogen-bond acceptors (Lipinski definition) is 4. The molecule has 2 N–H and O–H groups in total. The molecule has 6 heteroatoms. The number of carbonyl (C=O) groups excluding carboxylic acids is 2. The number of rotatable bonds is 2. The van der Waals surface area contributed by atoms with Crippen LogP contribution in [0.25, 0.3) is 0 Å². The molecule has 0 radical (unpaired) electrons. The minimum atomic E-state index is -0.517. The molecule has 0 aliphatic carbocycles. The SMILES string of the molecule is Cc1ncc(NC2CCC(=O)NC2=O)cc1F. The molecule has 1 fully saturated rings. The molecule has 5 nitrogen and oxygen atoms in total. The van der Waals surface area contributed by atoms with Gasteiger partial charge in [-0.15, -0.1) is 0 Å². The molecule has 0 aromatic carbocycles. The van der Waals surface area contributed by atoms with Crippen molar-refractivity contribution in [2.24, 2.45) is 0 Å². The van der Waals surface area contributed by atoms with Crippen LogP contribution >= 0.6 is 0 Å². The van der Waals surface area contributed by atoms with Gasteiger partial charge in [0.1, 0.15) is 11.9 Å². The topological polar surface area (TPSA) is 71.1 Å². The van der Waals surface area contributed by atoms with Crippen molar-refractivity contribution in [2.45, 2.75) is 25.8 Å². The fraction of sp³-hybridized carbons (Fsp3) is 0.364. The number of aryl methyl sites for hydroxylation is 1. The van der Waals surface area contributed by atoms with Gasteiger partial charge in [-0.1, -0.05) is 0 Å². The van der Waals surface area contributed by atoms with E-state index in [-0.39, 0.29) is 18.2 Å². The van der Waals surface area contributed by atoms with Crippen LogP contribution in [0.5, 0.6) is 0 Å². The first-order valence-electron chi connectivity index (χ1n) is 5.28. The highest BCUT2D eigenvalue weighted by molar-refractivity contribution is 6.01. The lowest BCUT2D eigenvalue weighted by Crippen LogP contribution is -2.47. The molecule has 1 unspecified atom stereocenters. The Bertz CT molecular complexity index is 476. The van der Waals surface area contributed by atoms with Crippen molar-refractivity contribution < 1.29 is 14.0 Å². The van der Waals surface area contributed by atoms with Gasteiger partial charge in [0.25, 0.3) is 0 Å². The minimum absolute atomic E-state index is 0.277. The lowest BCUT2D eigenvalue weighted by molar-refractivity contribution is -0.133. The van der Waals surface area contributed by atoms with E-state index in [2.05, 4.69) is 15.6 Å². The summed E-state index contributed by atoms with van der Waals surface area (Å²) in [6.45, 7) is 1.56. The van der Waals surface area contributed by atoms with Crippen LogP contribution in [0.4, 0.5) is 10.1 Å². The van der Waals surface area contributed by atoms with Crippen molar-refractivity contribution in [1.82, 2.24) is 10.3 Å². The number of halogens is 1. The van der Waals surface area contributed by atoms with Crippen LogP contribution in [0.3, 0.4) is 0 Å². The first-order chi connectivity index (χ1) is 8.06. The third kappa shape index (κ3) is 2.58. The molecule has 1 aliphatic rings. The van der Waals surface area contributed by atoms with Gasteiger partial charge >= 0.3 is 0 Å². The van der Waals surface area contributed by atoms with E-state index in [0.29, 0.717) is 17.8 Å². The molecule has 17 heavy (non-hydrogen) atoms. The van der Waals surface area contributed by atoms with Crippen molar-refractivity contribution in [3.8, 4) is 0 Å². The molecule has 90 valence electrons. The van der Waals surface area contributed by atoms with Crippen molar-refractivity contribution >= 4 is 17.5 Å². The molecule has 0 saturated carbocycles. The lowest BCUT2D eigenvalue weighted by atomic mass is 10.1. The van der Waals surface area contributed by atoms with Gasteiger partial charge in [0.05, 0.1) is 17.6 Å². The van der Waals surface area contributed by atoms with Gasteiger partial charge in [-0.25, -0.2) is 4.39 Å². The fourth-order valence-corrected chi connectivity index (χ4v) is 1.62. The van der Waals surface area contributed by atoms with Crippen LogP contribution in [0.15, 0.2) is 12.3 Å². The number of pyridine rings is 1. The highest BCUT2D eigenvalue weighted by Crippen LogP contribution is 2.15. The summed E-state index contributed by atoms with van der Waals surface area (Å²) >= 11 is 0. The summed E-state index contributed by atoms with van der Waals surface area (Å²) in [5.74, 6) is -1.09. The number of aromatic nitrogens is 1. The van der Waals surface area contributed by atoms with Crippen LogP contribution in [-0.2, 0) is 9.59 Å². The second-order valence-corrected chi connectivity index (χ2v) is 3.94. The van der Waals surface area contributed by atoms with Crippen molar-refractivity contribution in [3.63, 3.8) is 0 Å². The van der Waals surface area contributed by atoms with Gasteiger partial charge in [-0.3, -0.25) is 19.9 Å². The summed E-state index contributed by atoms with van der Waals surface area (Å²) in [5, 5.41) is 5.07. The largest absolute Gasteiger partial charge is 0.372 e. The quantitative estimate of drug-likeness (QED) is 0.744. The zero-order chi connectivity index (χ0) is 12.4. The molecule has 1 aliphatic heterocycles. The predicted octanol–water partition coefficient (Wildman–Crippen LogP) is 0.746. The van der Waals surface area contributed by atoms with Gasteiger partial charge in [0, 0.05) is 12.5 Å². The number of nitrogens with zero attached hydrogens (tertiary/aromatic N) is 1. The Balaban J connectivity index is 2.08. The Morgan fingerprint density at radius 1 is 1.53 bits per heavy atom. The summed E-state index contributed by atoms with van der Waals surface area (Å²) < 4.78 is 13.2. The van der Waals surface area contributed by atoms with Crippen molar-refractivity contribution in [2.75, 3.05) is 5.32 Å². The molecule has 2 rings (SSSR count). The maximum atomic E-state index is 13.2. The van der Waals surface area contributed by atoms with Gasteiger partial charge < -0.3 is 5.32 Å². The van der Waals surface area contributed by atoms with E-state index in [1.165, 1.54) is 12.3 Å². The monoisotopic (exact) mass is 237 g/mol. The van der Waals surface area contributed by atoms with Crippen LogP contribution < -0.4 is 10.6 Å². The normalized spacial score (nSPS) is 20.0. The molecule has 0 bridgehead atoms. The molecule has 1 aromatic heterocycles. The van der Waals surface area contributed by atoms with E-state index in [4.69, 9.17) is 0 Å². The van der Waals surface area contributed by atoms with Crippen LogP contribution in [0, 0.1) is 12.7 Å². The second kappa shape index (κ2) is 4.48. The van der Waals surface area contributed by atoms with Gasteiger partial charge in [-0.2, -0.15) is 0 Å². The number of piperidine rings is 1. The second-order valence-electron chi connectivity index (χ2n) is 3.94. The molecule has 0 spiro atoms. The summed E-state index contributed by atoms with van der Waals surface area (Å²) in [6.07, 6.45) is 2.15. The Kier molecular flexibility index (Phi) is 3.03. The number of anilines is 1. The van der Waals surface area contributed by atoms with Crippen molar-refractivity contribution in [3.05, 3.63) is 23.8 Å². The average molecular weight is 237 g/mol. The Morgan fingerprint density at radius 3 is 2.94 bits per heavy atom. The highest BCUT2D eigenvalue weighted by atomic mass is 19.1. The molecular weight excluding hydrogens is 225 g/mol. The summed E-state index contributed by atoms with van der Waals surface area (Å²) in [6, 6.07) is 0.767. The molecule has 2 amide bonds. The number of amides is 2. The van der Waals surface area contributed by atoms with Gasteiger partial charge in [-0.05, 0) is 13.3 Å². The molecule has 2 heterocycles. The van der Waals surface area contributed by atoms with Crippen LogP contribution in [0.2, 0.25) is 0 Å². The first-order valence-corrected chi connectivity index (χ1v) is 5.28. The van der Waals surface area contributed by atoms with E-state index in [9.17, 15) is 14.0 Å². The van der Waals surface area contributed by atoms with Gasteiger partial charge in [0.15, 0.2) is 0 Å². The summed E-state index contributed by atoms with van der Waals surface area (Å²) in [5.41, 5.74) is 0.737. The zero-order valence-electron chi connectivity index (χ0n) is 9.29. The van der Waals surface area contributed by atoms with Crippen LogP contribution in [0.1, 0.15) is 18.5 Å². The maximum Gasteiger partial charge on any atom is 0.249 e. The Morgan fingerprint density at radius 2 is 2.29 bits per heavy atom. The average Bonchev–Trinajstić information content (AvgIpc) is 2.27. The lowest BCUT2D eigenvalue weighted by Gasteiger charge is -2.22.